The molecule has 0 N–H and O–H groups in total. The topological polar surface area (TPSA) is 106 Å². The molecular weight excluding hydrogens is 402 g/mol. The van der Waals surface area contributed by atoms with Crippen LogP contribution in [0.5, 0.6) is 11.5 Å². The molecule has 0 saturated carbocycles. The number of methoxy groups -OCH3 is 2. The van der Waals surface area contributed by atoms with Gasteiger partial charge in [0, 0.05) is 18.7 Å². The number of hydrogen-bond acceptors (Lipinski definition) is 7. The highest BCUT2D eigenvalue weighted by molar-refractivity contribution is 5.77. The van der Waals surface area contributed by atoms with Crippen LogP contribution in [0.2, 0.25) is 0 Å². The highest BCUT2D eigenvalue weighted by Crippen LogP contribution is 2.32. The molecule has 0 aliphatic heterocycles. The van der Waals surface area contributed by atoms with Gasteiger partial charge in [-0.25, -0.2) is 14.3 Å². The van der Waals surface area contributed by atoms with Gasteiger partial charge in [-0.15, -0.1) is 6.42 Å². The van der Waals surface area contributed by atoms with Crippen LogP contribution in [0.3, 0.4) is 0 Å². The lowest BCUT2D eigenvalue weighted by Crippen LogP contribution is -2.40. The van der Waals surface area contributed by atoms with Crippen LogP contribution in [0, 0.1) is 12.3 Å². The summed E-state index contributed by atoms with van der Waals surface area (Å²) in [5, 5.41) is 3.67. The predicted molar refractivity (Wildman–Crippen MR) is 112 cm³/mol. The Kier molecular flexibility index (Phi) is 5.09. The van der Waals surface area contributed by atoms with Crippen LogP contribution in [0.25, 0.3) is 22.6 Å². The molecule has 10 nitrogen and oxygen atoms in total. The Labute approximate surface area is 176 Å². The molecule has 31 heavy (non-hydrogen) atoms. The van der Waals surface area contributed by atoms with E-state index in [0.717, 1.165) is 4.57 Å². The summed E-state index contributed by atoms with van der Waals surface area (Å²) in [4.78, 5) is 30.8. The molecule has 0 aliphatic carbocycles. The van der Waals surface area contributed by atoms with Crippen LogP contribution >= 0.6 is 0 Å². The number of aryl methyl sites for hydroxylation is 1. The van der Waals surface area contributed by atoms with E-state index in [1.165, 1.54) is 17.9 Å². The van der Waals surface area contributed by atoms with Gasteiger partial charge < -0.3 is 18.6 Å². The number of imidazole rings is 1. The number of terminal acetylenes is 1. The van der Waals surface area contributed by atoms with Gasteiger partial charge in [-0.05, 0) is 18.2 Å². The SMILES string of the molecule is C#CCn1c(=O)c2c(nc(-c3ccc(OC)c(OC)c3)n2C)n(Cc2ccno2)c1=O. The van der Waals surface area contributed by atoms with Gasteiger partial charge in [-0.2, -0.15) is 0 Å². The fourth-order valence-corrected chi connectivity index (χ4v) is 3.45. The maximum Gasteiger partial charge on any atom is 0.334 e. The second-order valence-corrected chi connectivity index (χ2v) is 6.68. The second-order valence-electron chi connectivity index (χ2n) is 6.68. The zero-order valence-electron chi connectivity index (χ0n) is 17.2. The van der Waals surface area contributed by atoms with Crippen molar-refractivity contribution in [1.82, 2.24) is 23.8 Å². The van der Waals surface area contributed by atoms with Gasteiger partial charge in [0.2, 0.25) is 0 Å². The molecule has 3 aromatic heterocycles. The summed E-state index contributed by atoms with van der Waals surface area (Å²) in [5.41, 5.74) is 0.0290. The predicted octanol–water partition coefficient (Wildman–Crippen LogP) is 1.25. The fourth-order valence-electron chi connectivity index (χ4n) is 3.45. The molecule has 3 heterocycles. The Balaban J connectivity index is 2.02. The Morgan fingerprint density at radius 3 is 2.55 bits per heavy atom. The first-order valence-electron chi connectivity index (χ1n) is 9.25. The second kappa shape index (κ2) is 7.87. The largest absolute Gasteiger partial charge is 0.493 e. The van der Waals surface area contributed by atoms with Gasteiger partial charge in [0.05, 0.1) is 33.5 Å². The number of rotatable bonds is 6. The van der Waals surface area contributed by atoms with Gasteiger partial charge in [-0.1, -0.05) is 11.1 Å². The lowest BCUT2D eigenvalue weighted by molar-refractivity contribution is 0.355. The van der Waals surface area contributed by atoms with Crippen LogP contribution in [0.1, 0.15) is 5.76 Å². The first-order valence-corrected chi connectivity index (χ1v) is 9.25. The molecule has 158 valence electrons. The standard InChI is InChI=1S/C21H19N5O5/c1-5-10-25-20(27)17-19(26(21(25)28)12-14-8-9-22-31-14)23-18(24(17)2)13-6-7-15(29-3)16(11-13)30-4/h1,6-9,11H,10,12H2,2-4H3. The average Bonchev–Trinajstić information content (AvgIpc) is 3.41. The maximum absolute atomic E-state index is 13.1. The molecule has 0 bridgehead atoms. The van der Waals surface area contributed by atoms with Crippen molar-refractivity contribution in [3.63, 3.8) is 0 Å². The van der Waals surface area contributed by atoms with E-state index in [4.69, 9.17) is 20.4 Å². The van der Waals surface area contributed by atoms with Crippen LogP contribution in [-0.4, -0.2) is 38.1 Å². The average molecular weight is 421 g/mol. The van der Waals surface area contributed by atoms with Crippen LogP contribution in [-0.2, 0) is 20.1 Å². The van der Waals surface area contributed by atoms with Gasteiger partial charge in [0.15, 0.2) is 28.4 Å². The Bertz CT molecular complexity index is 1420. The summed E-state index contributed by atoms with van der Waals surface area (Å²) >= 11 is 0. The molecule has 4 rings (SSSR count). The van der Waals surface area contributed by atoms with Gasteiger partial charge in [0.25, 0.3) is 5.56 Å². The molecule has 0 radical (unpaired) electrons. The third-order valence-corrected chi connectivity index (χ3v) is 4.94. The molecule has 0 saturated heterocycles. The summed E-state index contributed by atoms with van der Waals surface area (Å²) in [6.07, 6.45) is 6.86. The van der Waals surface area contributed by atoms with Gasteiger partial charge in [-0.3, -0.25) is 9.36 Å². The van der Waals surface area contributed by atoms with Crippen molar-refractivity contribution in [2.75, 3.05) is 14.2 Å². The molecule has 1 aromatic carbocycles. The Morgan fingerprint density at radius 2 is 1.90 bits per heavy atom. The quantitative estimate of drug-likeness (QED) is 0.431. The van der Waals surface area contributed by atoms with Crippen molar-refractivity contribution in [3.05, 3.63) is 57.1 Å². The molecule has 0 spiro atoms. The minimum Gasteiger partial charge on any atom is -0.493 e. The van der Waals surface area contributed by atoms with Crippen molar-refractivity contribution in [2.24, 2.45) is 7.05 Å². The highest BCUT2D eigenvalue weighted by Gasteiger charge is 2.22. The van der Waals surface area contributed by atoms with Crippen LogP contribution < -0.4 is 20.7 Å². The lowest BCUT2D eigenvalue weighted by Gasteiger charge is -2.09. The third kappa shape index (κ3) is 3.26. The Hall–Kier alpha value is -4.26. The van der Waals surface area contributed by atoms with Crippen molar-refractivity contribution in [3.8, 4) is 35.2 Å². The number of fused-ring (bicyclic) bond motifs is 1. The van der Waals surface area contributed by atoms with Crippen LogP contribution in [0.4, 0.5) is 0 Å². The molecule has 0 aliphatic rings. The lowest BCUT2D eigenvalue weighted by atomic mass is 10.2. The van der Waals surface area contributed by atoms with E-state index in [0.29, 0.717) is 28.6 Å². The number of benzene rings is 1. The summed E-state index contributed by atoms with van der Waals surface area (Å²) in [5.74, 6) is 4.33. The summed E-state index contributed by atoms with van der Waals surface area (Å²) in [7, 11) is 4.78. The minimum absolute atomic E-state index is 0.0442. The summed E-state index contributed by atoms with van der Waals surface area (Å²) < 4.78 is 19.8. The zero-order valence-corrected chi connectivity index (χ0v) is 17.2. The number of aromatic nitrogens is 5. The molecule has 0 fully saturated rings. The van der Waals surface area contributed by atoms with E-state index in [1.807, 2.05) is 0 Å². The molecule has 10 heteroatoms. The van der Waals surface area contributed by atoms with E-state index >= 15 is 0 Å². The molecule has 0 amide bonds. The van der Waals surface area contributed by atoms with Crippen molar-refractivity contribution in [2.45, 2.75) is 13.1 Å². The van der Waals surface area contributed by atoms with E-state index in [-0.39, 0.29) is 24.3 Å². The minimum atomic E-state index is -0.580. The summed E-state index contributed by atoms with van der Waals surface area (Å²) in [6, 6.07) is 6.92. The molecule has 0 atom stereocenters. The molecule has 4 aromatic rings. The number of ether oxygens (including phenoxy) is 2. The van der Waals surface area contributed by atoms with E-state index in [1.54, 1.807) is 43.0 Å². The van der Waals surface area contributed by atoms with Crippen molar-refractivity contribution < 1.29 is 14.0 Å². The highest BCUT2D eigenvalue weighted by atomic mass is 16.5. The molecule has 0 unspecified atom stereocenters. The maximum atomic E-state index is 13.1. The smallest absolute Gasteiger partial charge is 0.334 e. The Morgan fingerprint density at radius 1 is 1.13 bits per heavy atom. The van der Waals surface area contributed by atoms with Gasteiger partial charge in [0.1, 0.15) is 5.82 Å². The monoisotopic (exact) mass is 421 g/mol. The van der Waals surface area contributed by atoms with E-state index < -0.39 is 11.2 Å². The molecular formula is C21H19N5O5. The normalized spacial score (nSPS) is 10.9. The number of hydrogen-bond donors (Lipinski definition) is 0. The zero-order chi connectivity index (χ0) is 22.1. The van der Waals surface area contributed by atoms with Crippen LogP contribution in [0.15, 0.2) is 44.6 Å². The summed E-state index contributed by atoms with van der Waals surface area (Å²) in [6.45, 7) is -0.122. The first kappa shape index (κ1) is 20.0. The first-order chi connectivity index (χ1) is 15.0. The third-order valence-electron chi connectivity index (χ3n) is 4.94. The fraction of sp³-hybridized carbons (Fsp3) is 0.238. The van der Waals surface area contributed by atoms with E-state index in [2.05, 4.69) is 16.1 Å². The van der Waals surface area contributed by atoms with Crippen molar-refractivity contribution in [1.29, 1.82) is 0 Å². The van der Waals surface area contributed by atoms with Gasteiger partial charge >= 0.3 is 5.69 Å². The van der Waals surface area contributed by atoms with E-state index in [9.17, 15) is 9.59 Å². The van der Waals surface area contributed by atoms with Crippen molar-refractivity contribution >= 4 is 11.2 Å². The number of nitrogens with zero attached hydrogens (tertiary/aromatic N) is 5.